The maximum absolute atomic E-state index is 12.9. The van der Waals surface area contributed by atoms with Crippen LogP contribution in [0.25, 0.3) is 11.2 Å². The van der Waals surface area contributed by atoms with Gasteiger partial charge in [0.25, 0.3) is 0 Å². The first-order valence-electron chi connectivity index (χ1n) is 13.3. The molecule has 0 spiro atoms. The van der Waals surface area contributed by atoms with Crippen LogP contribution in [-0.4, -0.2) is 81.5 Å². The Morgan fingerprint density at radius 1 is 1.20 bits per heavy atom. The summed E-state index contributed by atoms with van der Waals surface area (Å²) in [5.74, 6) is -1.92. The quantitative estimate of drug-likeness (QED) is 0.194. The highest BCUT2D eigenvalue weighted by Crippen LogP contribution is 2.38. The number of rotatable bonds is 11. The molecule has 0 aliphatic carbocycles. The predicted molar refractivity (Wildman–Crippen MR) is 153 cm³/mol. The number of benzene rings is 1. The number of carboxylic acid groups (broad SMARTS) is 1. The molecule has 3 heterocycles. The highest BCUT2D eigenvalue weighted by molar-refractivity contribution is 7.85. The van der Waals surface area contributed by atoms with Crippen molar-refractivity contribution in [1.29, 1.82) is 0 Å². The van der Waals surface area contributed by atoms with Gasteiger partial charge in [-0.15, -0.1) is 0 Å². The first-order valence-corrected chi connectivity index (χ1v) is 14.7. The van der Waals surface area contributed by atoms with Gasteiger partial charge in [-0.05, 0) is 31.0 Å². The van der Waals surface area contributed by atoms with E-state index in [9.17, 15) is 27.9 Å². The minimum atomic E-state index is -4.58. The standard InChI is InChI=1S/C26H33N7O10S/c1-13-5-14(2)20(17(6-13)43-25(38)28-9-19(36)37)26(3,4)8-18(35)32-44(39,40)41-10-15-7-16(34)24(42-15)33-12-31-21-22(27)29-11-30-23(21)33/h5-6,11-12,15-16,24,34H,7-10H2,1-4H3,(H,28,38)(H,32,35)(H,36,37)(H2,27,29,30)/t15-,16+,24+/m0/s1. The first kappa shape index (κ1) is 32.5. The lowest BCUT2D eigenvalue weighted by Crippen LogP contribution is -2.38. The maximum atomic E-state index is 12.9. The fourth-order valence-corrected chi connectivity index (χ4v) is 5.90. The lowest BCUT2D eigenvalue weighted by Gasteiger charge is -2.29. The van der Waals surface area contributed by atoms with E-state index >= 15 is 0 Å². The van der Waals surface area contributed by atoms with Gasteiger partial charge in [-0.2, -0.15) is 8.42 Å². The number of ether oxygens (including phenoxy) is 2. The summed E-state index contributed by atoms with van der Waals surface area (Å²) in [4.78, 5) is 47.9. The van der Waals surface area contributed by atoms with Gasteiger partial charge in [0.2, 0.25) is 5.91 Å². The van der Waals surface area contributed by atoms with Gasteiger partial charge in [0.1, 0.15) is 30.2 Å². The van der Waals surface area contributed by atoms with Crippen LogP contribution in [0.15, 0.2) is 24.8 Å². The first-order chi connectivity index (χ1) is 20.6. The van der Waals surface area contributed by atoms with Crippen LogP contribution in [0.3, 0.4) is 0 Å². The van der Waals surface area contributed by atoms with E-state index in [0.717, 1.165) is 5.56 Å². The third-order valence-electron chi connectivity index (χ3n) is 6.78. The SMILES string of the molecule is Cc1cc(C)c(C(C)(C)CC(=O)NS(=O)(=O)OC[C@@H]2C[C@@H](O)[C@H](n3cnc4c(N)ncnc43)O2)c(OC(=O)NCC(=O)O)c1. The van der Waals surface area contributed by atoms with E-state index in [1.807, 2.05) is 4.72 Å². The fourth-order valence-electron chi connectivity index (χ4n) is 5.16. The molecule has 238 valence electrons. The zero-order chi connectivity index (χ0) is 32.4. The third kappa shape index (κ3) is 7.57. The number of nitrogens with two attached hydrogens (primary N) is 1. The number of nitrogen functional groups attached to an aromatic ring is 1. The molecule has 44 heavy (non-hydrogen) atoms. The van der Waals surface area contributed by atoms with Crippen molar-refractivity contribution in [3.8, 4) is 5.75 Å². The second-order valence-electron chi connectivity index (χ2n) is 11.0. The number of aryl methyl sites for hydroxylation is 2. The fraction of sp³-hybridized carbons (Fsp3) is 0.462. The van der Waals surface area contributed by atoms with E-state index < -0.39 is 65.3 Å². The van der Waals surface area contributed by atoms with E-state index in [2.05, 4.69) is 20.3 Å². The molecule has 2 aromatic heterocycles. The van der Waals surface area contributed by atoms with Gasteiger partial charge < -0.3 is 30.7 Å². The minimum Gasteiger partial charge on any atom is -0.480 e. The monoisotopic (exact) mass is 635 g/mol. The Kier molecular flexibility index (Phi) is 9.38. The van der Waals surface area contributed by atoms with Gasteiger partial charge in [-0.1, -0.05) is 19.9 Å². The minimum absolute atomic E-state index is 0.0247. The van der Waals surface area contributed by atoms with E-state index in [4.69, 9.17) is 24.5 Å². The largest absolute Gasteiger partial charge is 0.480 e. The van der Waals surface area contributed by atoms with Gasteiger partial charge in [0.15, 0.2) is 17.7 Å². The summed E-state index contributed by atoms with van der Waals surface area (Å²) in [6, 6.07) is 3.36. The lowest BCUT2D eigenvalue weighted by molar-refractivity contribution is -0.135. The number of carboxylic acids is 1. The molecule has 1 saturated heterocycles. The van der Waals surface area contributed by atoms with Crippen LogP contribution in [-0.2, 0) is 34.2 Å². The van der Waals surface area contributed by atoms with Gasteiger partial charge in [0.05, 0.1) is 19.0 Å². The number of aliphatic hydroxyl groups is 1. The molecule has 3 aromatic rings. The summed E-state index contributed by atoms with van der Waals surface area (Å²) < 4.78 is 44.7. The molecule has 6 N–H and O–H groups in total. The number of imidazole rings is 1. The summed E-state index contributed by atoms with van der Waals surface area (Å²) in [6.45, 7) is 5.67. The van der Waals surface area contributed by atoms with Crippen LogP contribution in [0.4, 0.5) is 10.6 Å². The molecule has 17 nitrogen and oxygen atoms in total. The van der Waals surface area contributed by atoms with Crippen LogP contribution in [0.2, 0.25) is 0 Å². The highest BCUT2D eigenvalue weighted by atomic mass is 32.2. The van der Waals surface area contributed by atoms with Crippen molar-refractivity contribution in [3.63, 3.8) is 0 Å². The molecule has 1 aromatic carbocycles. The van der Waals surface area contributed by atoms with Gasteiger partial charge in [-0.3, -0.25) is 18.3 Å². The zero-order valence-corrected chi connectivity index (χ0v) is 25.1. The molecule has 1 aliphatic heterocycles. The number of amides is 2. The van der Waals surface area contributed by atoms with E-state index in [-0.39, 0.29) is 24.4 Å². The van der Waals surface area contributed by atoms with Crippen LogP contribution < -0.4 is 20.5 Å². The topological polar surface area (TPSA) is 247 Å². The maximum Gasteiger partial charge on any atom is 0.413 e. The Labute approximate surface area is 252 Å². The van der Waals surface area contributed by atoms with Gasteiger partial charge in [0, 0.05) is 23.8 Å². The van der Waals surface area contributed by atoms with Crippen LogP contribution >= 0.6 is 0 Å². The third-order valence-corrected chi connectivity index (χ3v) is 7.71. The van der Waals surface area contributed by atoms with E-state index in [0.29, 0.717) is 22.3 Å². The predicted octanol–water partition coefficient (Wildman–Crippen LogP) is 0.592. The molecular weight excluding hydrogens is 602 g/mol. The summed E-state index contributed by atoms with van der Waals surface area (Å²) in [5, 5.41) is 21.5. The number of aromatic nitrogens is 4. The van der Waals surface area contributed by atoms with Crippen molar-refractivity contribution >= 4 is 45.3 Å². The van der Waals surface area contributed by atoms with Gasteiger partial charge >= 0.3 is 22.4 Å². The smallest absolute Gasteiger partial charge is 0.413 e. The van der Waals surface area contributed by atoms with Crippen LogP contribution in [0.1, 0.15) is 49.6 Å². The molecule has 4 rings (SSSR count). The van der Waals surface area contributed by atoms with Crippen molar-refractivity contribution in [2.75, 3.05) is 18.9 Å². The molecule has 0 unspecified atom stereocenters. The average Bonchev–Trinajstić information content (AvgIpc) is 3.48. The Morgan fingerprint density at radius 2 is 1.93 bits per heavy atom. The Hall–Kier alpha value is -4.39. The second-order valence-corrected chi connectivity index (χ2v) is 12.3. The normalized spacial score (nSPS) is 18.7. The van der Waals surface area contributed by atoms with Crippen LogP contribution in [0, 0.1) is 13.8 Å². The summed E-state index contributed by atoms with van der Waals surface area (Å²) in [5.41, 5.74) is 7.24. The summed E-state index contributed by atoms with van der Waals surface area (Å²) in [7, 11) is -4.58. The molecule has 1 fully saturated rings. The Balaban J connectivity index is 1.38. The molecule has 1 aliphatic rings. The summed E-state index contributed by atoms with van der Waals surface area (Å²) >= 11 is 0. The number of carbonyl (C=O) groups excluding carboxylic acids is 2. The van der Waals surface area contributed by atoms with Gasteiger partial charge in [-0.25, -0.2) is 24.5 Å². The molecule has 3 atom stereocenters. The number of aliphatic carboxylic acids is 1. The number of nitrogens with zero attached hydrogens (tertiary/aromatic N) is 4. The van der Waals surface area contributed by atoms with Crippen molar-refractivity contribution in [1.82, 2.24) is 29.6 Å². The zero-order valence-electron chi connectivity index (χ0n) is 24.3. The lowest BCUT2D eigenvalue weighted by atomic mass is 9.78. The average molecular weight is 636 g/mol. The molecule has 0 saturated carbocycles. The molecular formula is C26H33N7O10S. The molecule has 18 heteroatoms. The van der Waals surface area contributed by atoms with E-state index in [1.54, 1.807) is 39.8 Å². The van der Waals surface area contributed by atoms with E-state index in [1.165, 1.54) is 17.2 Å². The number of nitrogens with one attached hydrogen (secondary N) is 2. The Morgan fingerprint density at radius 3 is 2.64 bits per heavy atom. The highest BCUT2D eigenvalue weighted by Gasteiger charge is 2.38. The second kappa shape index (κ2) is 12.7. The van der Waals surface area contributed by atoms with Crippen molar-refractivity contribution in [3.05, 3.63) is 41.5 Å². The number of hydrogen-bond donors (Lipinski definition) is 5. The number of anilines is 1. The number of carbonyl (C=O) groups is 3. The van der Waals surface area contributed by atoms with Crippen LogP contribution in [0.5, 0.6) is 5.75 Å². The van der Waals surface area contributed by atoms with Crippen molar-refractivity contribution in [2.24, 2.45) is 0 Å². The number of fused-ring (bicyclic) bond motifs is 1. The van der Waals surface area contributed by atoms with Crippen molar-refractivity contribution < 1.29 is 46.7 Å². The number of hydrogen-bond acceptors (Lipinski definition) is 13. The molecule has 2 amide bonds. The Bertz CT molecular complexity index is 1690. The van der Waals surface area contributed by atoms with Crippen molar-refractivity contribution in [2.45, 2.75) is 64.4 Å². The molecule has 0 bridgehead atoms. The number of aliphatic hydroxyl groups excluding tert-OH is 1. The summed E-state index contributed by atoms with van der Waals surface area (Å²) in [6.07, 6.45) is -1.56. The molecule has 0 radical (unpaired) electrons.